The van der Waals surface area contributed by atoms with E-state index in [-0.39, 0.29) is 5.91 Å². The van der Waals surface area contributed by atoms with Gasteiger partial charge in [-0.05, 0) is 27.7 Å². The number of nitrogens with one attached hydrogen (secondary N) is 3. The van der Waals surface area contributed by atoms with Crippen molar-refractivity contribution in [2.24, 2.45) is 0 Å². The van der Waals surface area contributed by atoms with E-state index in [1.54, 1.807) is 27.7 Å². The second kappa shape index (κ2) is 6.34. The number of hydrogen-bond acceptors (Lipinski definition) is 5. The molecule has 0 spiro atoms. The lowest BCUT2D eigenvalue weighted by molar-refractivity contribution is -0.122. The molecule has 4 amide bonds. The quantitative estimate of drug-likeness (QED) is 0.516. The van der Waals surface area contributed by atoms with Gasteiger partial charge in [-0.2, -0.15) is 11.8 Å². The van der Waals surface area contributed by atoms with Crippen molar-refractivity contribution >= 4 is 29.8 Å². The molecule has 1 heterocycles. The molecule has 0 unspecified atom stereocenters. The van der Waals surface area contributed by atoms with Crippen LogP contribution in [0.3, 0.4) is 0 Å². The predicted molar refractivity (Wildman–Crippen MR) is 76.6 cm³/mol. The van der Waals surface area contributed by atoms with Gasteiger partial charge in [0.05, 0.1) is 0 Å². The molecule has 8 heteroatoms. The standard InChI is InChI=1S/C12H21N3O4S/c1-11(2,3)19-10(18)13-5-6-20-7-12(4)8(16)14-9(17)15-12/h5-7H2,1-4H3,(H,13,18)(H2,14,15,16,17)/t12-/m0/s1. The normalized spacial score (nSPS) is 22.2. The Kier molecular flexibility index (Phi) is 5.27. The highest BCUT2D eigenvalue weighted by Crippen LogP contribution is 2.16. The minimum absolute atomic E-state index is 0.324. The van der Waals surface area contributed by atoms with Gasteiger partial charge in [-0.25, -0.2) is 9.59 Å². The third-order valence-electron chi connectivity index (χ3n) is 2.42. The molecule has 1 rings (SSSR count). The van der Waals surface area contributed by atoms with Crippen LogP contribution >= 0.6 is 11.8 Å². The number of rotatable bonds is 5. The molecule has 0 saturated carbocycles. The second-order valence-corrected chi connectivity index (χ2v) is 6.83. The molecule has 7 nitrogen and oxygen atoms in total. The maximum absolute atomic E-state index is 11.5. The lowest BCUT2D eigenvalue weighted by Crippen LogP contribution is -2.46. The monoisotopic (exact) mass is 303 g/mol. The highest BCUT2D eigenvalue weighted by Gasteiger charge is 2.41. The van der Waals surface area contributed by atoms with E-state index >= 15 is 0 Å². The molecule has 0 bridgehead atoms. The third-order valence-corrected chi connectivity index (χ3v) is 3.70. The fraction of sp³-hybridized carbons (Fsp3) is 0.750. The molecule has 1 fully saturated rings. The zero-order chi connectivity index (χ0) is 15.4. The molecule has 0 aromatic carbocycles. The molecule has 114 valence electrons. The number of ether oxygens (including phenoxy) is 1. The molecule has 3 N–H and O–H groups in total. The lowest BCUT2D eigenvalue weighted by Gasteiger charge is -2.21. The van der Waals surface area contributed by atoms with Crippen LogP contribution in [-0.4, -0.2) is 47.2 Å². The van der Waals surface area contributed by atoms with Crippen molar-refractivity contribution in [3.63, 3.8) is 0 Å². The van der Waals surface area contributed by atoms with Gasteiger partial charge in [0, 0.05) is 18.1 Å². The van der Waals surface area contributed by atoms with E-state index < -0.39 is 23.3 Å². The van der Waals surface area contributed by atoms with E-state index in [1.807, 2.05) is 0 Å². The molecule has 0 radical (unpaired) electrons. The summed E-state index contributed by atoms with van der Waals surface area (Å²) in [6, 6.07) is -0.468. The van der Waals surface area contributed by atoms with E-state index in [0.717, 1.165) is 0 Å². The predicted octanol–water partition coefficient (Wildman–Crippen LogP) is 0.842. The first-order valence-corrected chi connectivity index (χ1v) is 7.46. The van der Waals surface area contributed by atoms with Crippen LogP contribution in [0.15, 0.2) is 0 Å². The van der Waals surface area contributed by atoms with Gasteiger partial charge in [-0.1, -0.05) is 0 Å². The number of alkyl carbamates (subject to hydrolysis) is 1. The summed E-state index contributed by atoms with van der Waals surface area (Å²) in [5, 5.41) is 7.41. The van der Waals surface area contributed by atoms with E-state index in [2.05, 4.69) is 16.0 Å². The van der Waals surface area contributed by atoms with Gasteiger partial charge in [0.25, 0.3) is 5.91 Å². The summed E-state index contributed by atoms with van der Waals surface area (Å²) in [4.78, 5) is 34.0. The Morgan fingerprint density at radius 1 is 1.40 bits per heavy atom. The number of urea groups is 1. The summed E-state index contributed by atoms with van der Waals surface area (Å²) in [5.74, 6) is 0.744. The third kappa shape index (κ3) is 5.28. The fourth-order valence-corrected chi connectivity index (χ4v) is 2.50. The Hall–Kier alpha value is -1.44. The van der Waals surface area contributed by atoms with Gasteiger partial charge in [0.15, 0.2) is 0 Å². The van der Waals surface area contributed by atoms with Crippen LogP contribution in [0.5, 0.6) is 0 Å². The molecule has 1 atom stereocenters. The average Bonchev–Trinajstić information content (AvgIpc) is 2.49. The Labute approximate surface area is 122 Å². The average molecular weight is 303 g/mol. The summed E-state index contributed by atoms with van der Waals surface area (Å²) in [6.45, 7) is 7.49. The topological polar surface area (TPSA) is 96.5 Å². The van der Waals surface area contributed by atoms with Gasteiger partial charge in [0.1, 0.15) is 11.1 Å². The summed E-state index contributed by atoms with van der Waals surface area (Å²) in [6.07, 6.45) is -0.462. The minimum atomic E-state index is -0.881. The molecule has 0 aromatic heterocycles. The van der Waals surface area contributed by atoms with Crippen LogP contribution < -0.4 is 16.0 Å². The summed E-state index contributed by atoms with van der Waals surface area (Å²) in [5.41, 5.74) is -1.40. The van der Waals surface area contributed by atoms with E-state index in [4.69, 9.17) is 4.74 Å². The Balaban J connectivity index is 2.18. The van der Waals surface area contributed by atoms with Crippen LogP contribution in [-0.2, 0) is 9.53 Å². The summed E-state index contributed by atoms with van der Waals surface area (Å²) in [7, 11) is 0. The first kappa shape index (κ1) is 16.6. The number of carbonyl (C=O) groups excluding carboxylic acids is 3. The Bertz CT molecular complexity index is 408. The number of thioether (sulfide) groups is 1. The van der Waals surface area contributed by atoms with Crippen molar-refractivity contribution in [3.05, 3.63) is 0 Å². The SMILES string of the molecule is CC(C)(C)OC(=O)NCCSC[C@]1(C)NC(=O)NC1=O. The van der Waals surface area contributed by atoms with Crippen molar-refractivity contribution in [1.29, 1.82) is 0 Å². The molecule has 0 aromatic rings. The van der Waals surface area contributed by atoms with Crippen LogP contribution in [0, 0.1) is 0 Å². The largest absolute Gasteiger partial charge is 0.444 e. The van der Waals surface area contributed by atoms with Crippen molar-refractivity contribution in [2.75, 3.05) is 18.1 Å². The van der Waals surface area contributed by atoms with Crippen LogP contribution in [0.25, 0.3) is 0 Å². The summed E-state index contributed by atoms with van der Waals surface area (Å²) >= 11 is 1.47. The second-order valence-electron chi connectivity index (χ2n) is 5.72. The molecule has 0 aliphatic carbocycles. The number of amides is 4. The van der Waals surface area contributed by atoms with Gasteiger partial charge >= 0.3 is 12.1 Å². The Morgan fingerprint density at radius 2 is 2.05 bits per heavy atom. The molecular formula is C12H21N3O4S. The van der Waals surface area contributed by atoms with Crippen LogP contribution in [0.2, 0.25) is 0 Å². The lowest BCUT2D eigenvalue weighted by atomic mass is 10.1. The smallest absolute Gasteiger partial charge is 0.407 e. The van der Waals surface area contributed by atoms with Gasteiger partial charge in [-0.15, -0.1) is 0 Å². The molecular weight excluding hydrogens is 282 g/mol. The first-order chi connectivity index (χ1) is 9.12. The molecule has 20 heavy (non-hydrogen) atoms. The summed E-state index contributed by atoms with van der Waals surface area (Å²) < 4.78 is 5.09. The minimum Gasteiger partial charge on any atom is -0.444 e. The van der Waals surface area contributed by atoms with Crippen LogP contribution in [0.4, 0.5) is 9.59 Å². The van der Waals surface area contributed by atoms with E-state index in [1.165, 1.54) is 11.8 Å². The van der Waals surface area contributed by atoms with Crippen molar-refractivity contribution in [3.8, 4) is 0 Å². The highest BCUT2D eigenvalue weighted by molar-refractivity contribution is 7.99. The van der Waals surface area contributed by atoms with Gasteiger partial charge < -0.3 is 15.4 Å². The fourth-order valence-electron chi connectivity index (χ4n) is 1.50. The zero-order valence-corrected chi connectivity index (χ0v) is 13.0. The number of hydrogen-bond donors (Lipinski definition) is 3. The molecule has 1 aliphatic heterocycles. The highest BCUT2D eigenvalue weighted by atomic mass is 32.2. The van der Waals surface area contributed by atoms with Crippen molar-refractivity contribution in [1.82, 2.24) is 16.0 Å². The number of carbonyl (C=O) groups is 3. The van der Waals surface area contributed by atoms with Crippen molar-refractivity contribution in [2.45, 2.75) is 38.8 Å². The molecule has 1 aliphatic rings. The van der Waals surface area contributed by atoms with Gasteiger partial charge in [0.2, 0.25) is 0 Å². The van der Waals surface area contributed by atoms with E-state index in [9.17, 15) is 14.4 Å². The number of imide groups is 1. The van der Waals surface area contributed by atoms with E-state index in [0.29, 0.717) is 18.1 Å². The maximum atomic E-state index is 11.5. The van der Waals surface area contributed by atoms with Gasteiger partial charge in [-0.3, -0.25) is 10.1 Å². The zero-order valence-electron chi connectivity index (χ0n) is 12.2. The van der Waals surface area contributed by atoms with Crippen molar-refractivity contribution < 1.29 is 19.1 Å². The first-order valence-electron chi connectivity index (χ1n) is 6.31. The molecule has 1 saturated heterocycles. The maximum Gasteiger partial charge on any atom is 0.407 e. The Morgan fingerprint density at radius 3 is 2.55 bits per heavy atom. The van der Waals surface area contributed by atoms with Crippen LogP contribution in [0.1, 0.15) is 27.7 Å².